The van der Waals surface area contributed by atoms with Gasteiger partial charge in [0.2, 0.25) is 5.91 Å². The van der Waals surface area contributed by atoms with Crippen LogP contribution in [0.4, 0.5) is 4.39 Å². The summed E-state index contributed by atoms with van der Waals surface area (Å²) >= 11 is 0. The van der Waals surface area contributed by atoms with Gasteiger partial charge in [0.25, 0.3) is 5.91 Å². The molecule has 0 aromatic heterocycles. The summed E-state index contributed by atoms with van der Waals surface area (Å²) < 4.78 is 13.2. The van der Waals surface area contributed by atoms with Crippen molar-refractivity contribution in [2.75, 3.05) is 27.2 Å². The molecular weight excluding hydrogens is 369 g/mol. The summed E-state index contributed by atoms with van der Waals surface area (Å²) in [5.74, 6) is -0.673. The van der Waals surface area contributed by atoms with Crippen LogP contribution >= 0.6 is 0 Å². The molecule has 0 unspecified atom stereocenters. The Labute approximate surface area is 170 Å². The van der Waals surface area contributed by atoms with E-state index in [9.17, 15) is 14.0 Å². The molecule has 2 heterocycles. The minimum absolute atomic E-state index is 0.0258. The number of halogens is 1. The van der Waals surface area contributed by atoms with Crippen molar-refractivity contribution in [2.24, 2.45) is 5.92 Å². The molecule has 2 aliphatic heterocycles. The first-order valence-electron chi connectivity index (χ1n) is 9.96. The van der Waals surface area contributed by atoms with Crippen LogP contribution in [0.1, 0.15) is 27.9 Å². The van der Waals surface area contributed by atoms with E-state index in [1.54, 1.807) is 31.1 Å². The third kappa shape index (κ3) is 3.77. The molecule has 29 heavy (non-hydrogen) atoms. The number of fused-ring (bicyclic) bond motifs is 1. The Morgan fingerprint density at radius 2 is 1.93 bits per heavy atom. The van der Waals surface area contributed by atoms with Crippen LogP contribution in [-0.2, 0) is 17.8 Å². The second-order valence-corrected chi connectivity index (χ2v) is 8.35. The molecule has 4 rings (SSSR count). The summed E-state index contributed by atoms with van der Waals surface area (Å²) in [6.07, 6.45) is 1.45. The fraction of sp³-hybridized carbons (Fsp3) is 0.391. The van der Waals surface area contributed by atoms with Gasteiger partial charge >= 0.3 is 0 Å². The zero-order valence-corrected chi connectivity index (χ0v) is 16.8. The molecular formula is C23H26FN3O2. The third-order valence-corrected chi connectivity index (χ3v) is 6.14. The molecule has 6 heteroatoms. The van der Waals surface area contributed by atoms with Gasteiger partial charge in [0.1, 0.15) is 5.82 Å². The molecule has 2 atom stereocenters. The molecule has 2 aliphatic rings. The van der Waals surface area contributed by atoms with E-state index < -0.39 is 5.54 Å². The molecule has 0 aliphatic carbocycles. The lowest BCUT2D eigenvalue weighted by Gasteiger charge is -2.35. The van der Waals surface area contributed by atoms with Gasteiger partial charge in [-0.2, -0.15) is 0 Å². The minimum Gasteiger partial charge on any atom is -0.348 e. The summed E-state index contributed by atoms with van der Waals surface area (Å²) in [6.45, 7) is 1.77. The zero-order chi connectivity index (χ0) is 20.6. The van der Waals surface area contributed by atoms with Crippen LogP contribution in [-0.4, -0.2) is 54.3 Å². The lowest BCUT2D eigenvalue weighted by molar-refractivity contribution is -0.134. The lowest BCUT2D eigenvalue weighted by Crippen LogP contribution is -2.57. The standard InChI is InChI=1S/C23H26FN3O2/c1-26(2)22(29)20-14-27(13-16-7-9-18(24)10-8-16)15-23(20)12-11-17-5-3-4-6-19(17)21(28)25-23/h3-10,20H,11-15H2,1-2H3,(H,25,28)/t20-,23+/m1/s1. The van der Waals surface area contributed by atoms with Gasteiger partial charge in [-0.05, 0) is 42.2 Å². The third-order valence-electron chi connectivity index (χ3n) is 6.14. The minimum atomic E-state index is -0.614. The molecule has 0 bridgehead atoms. The van der Waals surface area contributed by atoms with Crippen LogP contribution in [0.25, 0.3) is 0 Å². The molecule has 0 radical (unpaired) electrons. The van der Waals surface area contributed by atoms with Crippen LogP contribution < -0.4 is 5.32 Å². The second kappa shape index (κ2) is 7.59. The van der Waals surface area contributed by atoms with Gasteiger partial charge in [0.15, 0.2) is 0 Å². The second-order valence-electron chi connectivity index (χ2n) is 8.35. The Bertz CT molecular complexity index is 928. The van der Waals surface area contributed by atoms with E-state index in [2.05, 4.69) is 10.2 Å². The number of benzene rings is 2. The van der Waals surface area contributed by atoms with E-state index in [0.717, 1.165) is 17.5 Å². The maximum Gasteiger partial charge on any atom is 0.252 e. The van der Waals surface area contributed by atoms with Gasteiger partial charge in [-0.15, -0.1) is 0 Å². The van der Waals surface area contributed by atoms with Crippen LogP contribution in [0.3, 0.4) is 0 Å². The number of nitrogens with one attached hydrogen (secondary N) is 1. The smallest absolute Gasteiger partial charge is 0.252 e. The highest BCUT2D eigenvalue weighted by atomic mass is 19.1. The summed E-state index contributed by atoms with van der Waals surface area (Å²) in [5, 5.41) is 3.23. The maximum atomic E-state index is 13.2. The van der Waals surface area contributed by atoms with Crippen molar-refractivity contribution < 1.29 is 14.0 Å². The number of hydrogen-bond acceptors (Lipinski definition) is 3. The normalized spacial score (nSPS) is 24.1. The first-order chi connectivity index (χ1) is 13.9. The van der Waals surface area contributed by atoms with E-state index in [1.807, 2.05) is 24.3 Å². The summed E-state index contributed by atoms with van der Waals surface area (Å²) in [7, 11) is 3.51. The molecule has 1 fully saturated rings. The monoisotopic (exact) mass is 395 g/mol. The summed E-state index contributed by atoms with van der Waals surface area (Å²) in [4.78, 5) is 29.9. The zero-order valence-electron chi connectivity index (χ0n) is 16.8. The highest BCUT2D eigenvalue weighted by molar-refractivity contribution is 5.97. The Kier molecular flexibility index (Phi) is 5.13. The number of amides is 2. The Balaban J connectivity index is 1.63. The van der Waals surface area contributed by atoms with E-state index in [-0.39, 0.29) is 23.5 Å². The van der Waals surface area contributed by atoms with Crippen molar-refractivity contribution in [1.82, 2.24) is 15.1 Å². The molecule has 152 valence electrons. The van der Waals surface area contributed by atoms with E-state index in [1.165, 1.54) is 12.1 Å². The number of hydrogen-bond donors (Lipinski definition) is 1. The first-order valence-corrected chi connectivity index (χ1v) is 9.96. The summed E-state index contributed by atoms with van der Waals surface area (Å²) in [5.41, 5.74) is 2.09. The predicted molar refractivity (Wildman–Crippen MR) is 109 cm³/mol. The van der Waals surface area contributed by atoms with Gasteiger partial charge in [0.05, 0.1) is 11.5 Å². The fourth-order valence-electron chi connectivity index (χ4n) is 4.65. The highest BCUT2D eigenvalue weighted by Crippen LogP contribution is 2.36. The van der Waals surface area contributed by atoms with Crippen molar-refractivity contribution in [3.8, 4) is 0 Å². The van der Waals surface area contributed by atoms with Crippen molar-refractivity contribution in [3.63, 3.8) is 0 Å². The van der Waals surface area contributed by atoms with Gasteiger partial charge in [0, 0.05) is 39.3 Å². The Hall–Kier alpha value is -2.73. The quantitative estimate of drug-likeness (QED) is 0.869. The van der Waals surface area contributed by atoms with Crippen molar-refractivity contribution in [1.29, 1.82) is 0 Å². The Morgan fingerprint density at radius 3 is 2.66 bits per heavy atom. The molecule has 0 saturated carbocycles. The SMILES string of the molecule is CN(C)C(=O)[C@H]1CN(Cc2ccc(F)cc2)C[C@@]12CCc1ccccc1C(=O)N2. The molecule has 1 N–H and O–H groups in total. The van der Waals surface area contributed by atoms with Crippen molar-refractivity contribution in [3.05, 3.63) is 71.0 Å². The number of nitrogens with zero attached hydrogens (tertiary/aromatic N) is 2. The van der Waals surface area contributed by atoms with Crippen molar-refractivity contribution >= 4 is 11.8 Å². The predicted octanol–water partition coefficient (Wildman–Crippen LogP) is 2.46. The molecule has 2 aromatic rings. The van der Waals surface area contributed by atoms with Crippen molar-refractivity contribution in [2.45, 2.75) is 24.9 Å². The topological polar surface area (TPSA) is 52.7 Å². The number of rotatable bonds is 3. The average molecular weight is 395 g/mol. The van der Waals surface area contributed by atoms with Gasteiger partial charge in [-0.25, -0.2) is 4.39 Å². The molecule has 2 aromatic carbocycles. The van der Waals surface area contributed by atoms with Crippen LogP contribution in [0, 0.1) is 11.7 Å². The van der Waals surface area contributed by atoms with Gasteiger partial charge in [-0.1, -0.05) is 30.3 Å². The highest BCUT2D eigenvalue weighted by Gasteiger charge is 2.52. The number of carbonyl (C=O) groups is 2. The Morgan fingerprint density at radius 1 is 1.21 bits per heavy atom. The molecule has 1 saturated heterocycles. The van der Waals surface area contributed by atoms with Gasteiger partial charge in [-0.3, -0.25) is 14.5 Å². The van der Waals surface area contributed by atoms with Crippen LogP contribution in [0.2, 0.25) is 0 Å². The molecule has 1 spiro atoms. The molecule has 2 amide bonds. The number of carbonyl (C=O) groups excluding carboxylic acids is 2. The van der Waals surface area contributed by atoms with Gasteiger partial charge < -0.3 is 10.2 Å². The van der Waals surface area contributed by atoms with Crippen LogP contribution in [0.5, 0.6) is 0 Å². The van der Waals surface area contributed by atoms with E-state index in [4.69, 9.17) is 0 Å². The summed E-state index contributed by atoms with van der Waals surface area (Å²) in [6, 6.07) is 14.1. The van der Waals surface area contributed by atoms with Crippen LogP contribution in [0.15, 0.2) is 48.5 Å². The largest absolute Gasteiger partial charge is 0.348 e. The van der Waals surface area contributed by atoms with E-state index >= 15 is 0 Å². The van der Waals surface area contributed by atoms with E-state index in [0.29, 0.717) is 31.6 Å². The average Bonchev–Trinajstić information content (AvgIpc) is 2.97. The maximum absolute atomic E-state index is 13.2. The number of aryl methyl sites for hydroxylation is 1. The lowest BCUT2D eigenvalue weighted by atomic mass is 9.81. The fourth-order valence-corrected chi connectivity index (χ4v) is 4.65. The number of likely N-dealkylation sites (tertiary alicyclic amines) is 1. The first kappa shape index (κ1) is 19.6. The molecule has 5 nitrogen and oxygen atoms in total.